The molecule has 0 aliphatic carbocycles. The number of halogens is 2. The highest BCUT2D eigenvalue weighted by Crippen LogP contribution is 2.38. The van der Waals surface area contributed by atoms with Crippen molar-refractivity contribution in [1.82, 2.24) is 4.90 Å². The van der Waals surface area contributed by atoms with Crippen LogP contribution in [0.3, 0.4) is 0 Å². The molecule has 114 valence electrons. The molecule has 0 amide bonds. The molecule has 0 spiro atoms. The third-order valence-corrected chi connectivity index (χ3v) is 5.78. The highest BCUT2D eigenvalue weighted by molar-refractivity contribution is 9.10. The smallest absolute Gasteiger partial charge is 0.174 e. The number of benzene rings is 2. The molecule has 0 bridgehead atoms. The van der Waals surface area contributed by atoms with E-state index >= 15 is 0 Å². The van der Waals surface area contributed by atoms with Crippen LogP contribution < -0.4 is 5.32 Å². The molecule has 1 aliphatic heterocycles. The Morgan fingerprint density at radius 1 is 1.18 bits per heavy atom. The fourth-order valence-corrected chi connectivity index (χ4v) is 4.35. The Morgan fingerprint density at radius 3 is 2.55 bits per heavy atom. The van der Waals surface area contributed by atoms with Gasteiger partial charge in [-0.25, -0.2) is 0 Å². The van der Waals surface area contributed by atoms with E-state index in [-0.39, 0.29) is 5.37 Å². The van der Waals surface area contributed by atoms with Crippen molar-refractivity contribution in [2.24, 2.45) is 0 Å². The van der Waals surface area contributed by atoms with Gasteiger partial charge in [0.2, 0.25) is 0 Å². The van der Waals surface area contributed by atoms with Gasteiger partial charge < -0.3 is 10.2 Å². The summed E-state index contributed by atoms with van der Waals surface area (Å²) in [7, 11) is 0. The molecule has 1 fully saturated rings. The number of nitrogens with one attached hydrogen (secondary N) is 1. The molecule has 1 N–H and O–H groups in total. The van der Waals surface area contributed by atoms with E-state index in [4.69, 9.17) is 23.8 Å². The zero-order valence-electron chi connectivity index (χ0n) is 11.6. The van der Waals surface area contributed by atoms with Crippen molar-refractivity contribution in [1.29, 1.82) is 0 Å². The number of nitrogens with zero attached hydrogens (tertiary/aromatic N) is 1. The van der Waals surface area contributed by atoms with E-state index in [0.29, 0.717) is 0 Å². The summed E-state index contributed by atoms with van der Waals surface area (Å²) < 4.78 is 1.09. The average Bonchev–Trinajstić information content (AvgIpc) is 3.00. The second-order valence-electron chi connectivity index (χ2n) is 4.91. The van der Waals surface area contributed by atoms with Gasteiger partial charge in [-0.1, -0.05) is 39.7 Å². The van der Waals surface area contributed by atoms with Crippen molar-refractivity contribution in [3.8, 4) is 0 Å². The Kier molecular flexibility index (Phi) is 5.29. The van der Waals surface area contributed by atoms with Crippen molar-refractivity contribution in [3.63, 3.8) is 0 Å². The molecule has 22 heavy (non-hydrogen) atoms. The number of thioether (sulfide) groups is 1. The van der Waals surface area contributed by atoms with Gasteiger partial charge in [0.25, 0.3) is 0 Å². The SMILES string of the molecule is S=C(Nc1ccc(Cl)cc1)N1CCS[C@@H]1c1ccc(Br)cc1. The van der Waals surface area contributed by atoms with Crippen LogP contribution >= 0.6 is 51.5 Å². The van der Waals surface area contributed by atoms with Crippen molar-refractivity contribution >= 4 is 62.3 Å². The first kappa shape index (κ1) is 16.1. The van der Waals surface area contributed by atoms with Crippen LogP contribution in [-0.4, -0.2) is 22.3 Å². The lowest BCUT2D eigenvalue weighted by Crippen LogP contribution is -2.34. The maximum absolute atomic E-state index is 5.91. The third kappa shape index (κ3) is 3.77. The van der Waals surface area contributed by atoms with E-state index in [0.717, 1.165) is 32.6 Å². The third-order valence-electron chi connectivity index (χ3n) is 3.40. The maximum Gasteiger partial charge on any atom is 0.174 e. The lowest BCUT2D eigenvalue weighted by atomic mass is 10.2. The van der Waals surface area contributed by atoms with Gasteiger partial charge in [-0.05, 0) is 54.2 Å². The molecule has 0 saturated carbocycles. The Morgan fingerprint density at radius 2 is 1.86 bits per heavy atom. The molecule has 2 aromatic rings. The highest BCUT2D eigenvalue weighted by Gasteiger charge is 2.28. The average molecular weight is 414 g/mol. The van der Waals surface area contributed by atoms with Gasteiger partial charge in [0.05, 0.1) is 0 Å². The van der Waals surface area contributed by atoms with Gasteiger partial charge >= 0.3 is 0 Å². The topological polar surface area (TPSA) is 15.3 Å². The maximum atomic E-state index is 5.91. The summed E-state index contributed by atoms with van der Waals surface area (Å²) in [5.74, 6) is 1.07. The molecule has 0 aromatic heterocycles. The molecule has 0 unspecified atom stereocenters. The molecule has 3 rings (SSSR count). The molecular formula is C16H14BrClN2S2. The molecule has 1 atom stereocenters. The van der Waals surface area contributed by atoms with Crippen molar-refractivity contribution in [2.75, 3.05) is 17.6 Å². The van der Waals surface area contributed by atoms with Crippen molar-refractivity contribution in [2.45, 2.75) is 5.37 Å². The molecule has 6 heteroatoms. The molecule has 2 nitrogen and oxygen atoms in total. The van der Waals surface area contributed by atoms with Gasteiger partial charge in [0.15, 0.2) is 5.11 Å². The summed E-state index contributed by atoms with van der Waals surface area (Å²) in [4.78, 5) is 2.23. The van der Waals surface area contributed by atoms with Crippen LogP contribution in [-0.2, 0) is 0 Å². The zero-order chi connectivity index (χ0) is 15.5. The van der Waals surface area contributed by atoms with E-state index in [1.54, 1.807) is 0 Å². The summed E-state index contributed by atoms with van der Waals surface area (Å²) in [5.41, 5.74) is 2.23. The fourth-order valence-electron chi connectivity index (χ4n) is 2.31. The van der Waals surface area contributed by atoms with Gasteiger partial charge in [-0.3, -0.25) is 0 Å². The summed E-state index contributed by atoms with van der Waals surface area (Å²) in [6.45, 7) is 0.949. The largest absolute Gasteiger partial charge is 0.333 e. The second kappa shape index (κ2) is 7.21. The molecule has 1 heterocycles. The van der Waals surface area contributed by atoms with Crippen LogP contribution in [0.15, 0.2) is 53.0 Å². The fraction of sp³-hybridized carbons (Fsp3) is 0.188. The molecule has 1 aliphatic rings. The Hall–Kier alpha value is -0.750. The van der Waals surface area contributed by atoms with Crippen LogP contribution in [0.5, 0.6) is 0 Å². The number of anilines is 1. The monoisotopic (exact) mass is 412 g/mol. The minimum absolute atomic E-state index is 0.264. The van der Waals surface area contributed by atoms with Crippen LogP contribution in [0.2, 0.25) is 5.02 Å². The van der Waals surface area contributed by atoms with E-state index in [1.807, 2.05) is 36.0 Å². The summed E-state index contributed by atoms with van der Waals surface area (Å²) >= 11 is 16.9. The Labute approximate surface area is 153 Å². The zero-order valence-corrected chi connectivity index (χ0v) is 15.6. The normalized spacial score (nSPS) is 17.5. The standard InChI is InChI=1S/C16H14BrClN2S2/c17-12-3-1-11(2-4-12)15-20(9-10-22-15)16(21)19-14-7-5-13(18)6-8-14/h1-8,15H,9-10H2,(H,19,21)/t15-/m1/s1. The minimum Gasteiger partial charge on any atom is -0.333 e. The molecule has 1 saturated heterocycles. The number of hydrogen-bond acceptors (Lipinski definition) is 2. The summed E-state index contributed by atoms with van der Waals surface area (Å²) in [6, 6.07) is 16.0. The molecule has 0 radical (unpaired) electrons. The Bertz CT molecular complexity index is 661. The van der Waals surface area contributed by atoms with Gasteiger partial charge in [-0.2, -0.15) is 0 Å². The minimum atomic E-state index is 0.264. The Balaban J connectivity index is 1.73. The van der Waals surface area contributed by atoms with E-state index in [9.17, 15) is 0 Å². The summed E-state index contributed by atoms with van der Waals surface area (Å²) in [5, 5.41) is 5.04. The van der Waals surface area contributed by atoms with Gasteiger partial charge in [0.1, 0.15) is 5.37 Å². The van der Waals surface area contributed by atoms with Crippen molar-refractivity contribution in [3.05, 3.63) is 63.6 Å². The van der Waals surface area contributed by atoms with E-state index in [1.165, 1.54) is 5.56 Å². The lowest BCUT2D eigenvalue weighted by Gasteiger charge is -2.27. The van der Waals surface area contributed by atoms with E-state index < -0.39 is 0 Å². The van der Waals surface area contributed by atoms with Gasteiger partial charge in [0, 0.05) is 27.5 Å². The predicted molar refractivity (Wildman–Crippen MR) is 104 cm³/mol. The highest BCUT2D eigenvalue weighted by atomic mass is 79.9. The number of hydrogen-bond donors (Lipinski definition) is 1. The first-order valence-electron chi connectivity index (χ1n) is 6.84. The molecular weight excluding hydrogens is 400 g/mol. The first-order chi connectivity index (χ1) is 10.6. The number of thiocarbonyl (C=S) groups is 1. The van der Waals surface area contributed by atoms with Crippen LogP contribution in [0.4, 0.5) is 5.69 Å². The molecule has 2 aromatic carbocycles. The lowest BCUT2D eigenvalue weighted by molar-refractivity contribution is 0.457. The van der Waals surface area contributed by atoms with Gasteiger partial charge in [-0.15, -0.1) is 11.8 Å². The quantitative estimate of drug-likeness (QED) is 0.649. The van der Waals surface area contributed by atoms with E-state index in [2.05, 4.69) is 50.4 Å². The summed E-state index contributed by atoms with van der Waals surface area (Å²) in [6.07, 6.45) is 0. The predicted octanol–water partition coefficient (Wildman–Crippen LogP) is 5.55. The van der Waals surface area contributed by atoms with Crippen LogP contribution in [0.25, 0.3) is 0 Å². The number of rotatable bonds is 2. The van der Waals surface area contributed by atoms with Crippen LogP contribution in [0, 0.1) is 0 Å². The second-order valence-corrected chi connectivity index (χ2v) is 7.83. The first-order valence-corrected chi connectivity index (χ1v) is 9.46. The van der Waals surface area contributed by atoms with Crippen molar-refractivity contribution < 1.29 is 0 Å². The van der Waals surface area contributed by atoms with Crippen LogP contribution in [0.1, 0.15) is 10.9 Å².